The van der Waals surface area contributed by atoms with Crippen LogP contribution < -0.4 is 4.90 Å². The van der Waals surface area contributed by atoms with Crippen LogP contribution in [-0.4, -0.2) is 27.6 Å². The molecule has 0 aromatic heterocycles. The summed E-state index contributed by atoms with van der Waals surface area (Å²) in [6, 6.07) is 7.51. The molecule has 1 aromatic rings. The number of nitrogens with zero attached hydrogens (tertiary/aromatic N) is 2. The third-order valence-corrected chi connectivity index (χ3v) is 3.22. The Morgan fingerprint density at radius 1 is 1.41 bits per heavy atom. The van der Waals surface area contributed by atoms with Gasteiger partial charge in [0.25, 0.3) is 0 Å². The first-order valence-electron chi connectivity index (χ1n) is 5.24. The highest BCUT2D eigenvalue weighted by Gasteiger charge is 2.08. The minimum absolute atomic E-state index is 0.0711. The highest BCUT2D eigenvalue weighted by Crippen LogP contribution is 2.18. The Labute approximate surface area is 101 Å². The van der Waals surface area contributed by atoms with E-state index >= 15 is 0 Å². The summed E-state index contributed by atoms with van der Waals surface area (Å²) < 4.78 is 22.5. The van der Waals surface area contributed by atoms with E-state index < -0.39 is 9.84 Å². The maximum atomic E-state index is 11.2. The molecule has 0 radical (unpaired) electrons. The molecule has 5 heteroatoms. The maximum absolute atomic E-state index is 11.2. The van der Waals surface area contributed by atoms with Gasteiger partial charge in [0, 0.05) is 24.4 Å². The molecule has 0 fully saturated rings. The predicted molar refractivity (Wildman–Crippen MR) is 70.0 cm³/mol. The second kappa shape index (κ2) is 4.71. The summed E-state index contributed by atoms with van der Waals surface area (Å²) in [6.07, 6.45) is 6.76. The third kappa shape index (κ3) is 3.42. The second-order valence-corrected chi connectivity index (χ2v) is 6.16. The number of hydrogen-bond acceptors (Lipinski definition) is 4. The second-order valence-electron chi connectivity index (χ2n) is 4.02. The number of allylic oxidation sites excluding steroid dienone is 1. The van der Waals surface area contributed by atoms with E-state index in [9.17, 15) is 8.42 Å². The molecule has 0 unspecified atom stereocenters. The van der Waals surface area contributed by atoms with Crippen LogP contribution in [0.25, 0.3) is 0 Å². The summed E-state index contributed by atoms with van der Waals surface area (Å²) >= 11 is 0. The Hall–Kier alpha value is -1.62. The molecule has 1 heterocycles. The van der Waals surface area contributed by atoms with Crippen LogP contribution in [0.2, 0.25) is 0 Å². The quantitative estimate of drug-likeness (QED) is 0.818. The summed E-state index contributed by atoms with van der Waals surface area (Å²) in [5.74, 6) is 0.0711. The minimum atomic E-state index is -2.99. The van der Waals surface area contributed by atoms with Gasteiger partial charge in [-0.15, -0.1) is 0 Å². The van der Waals surface area contributed by atoms with Gasteiger partial charge in [-0.25, -0.2) is 8.42 Å². The Morgan fingerprint density at radius 3 is 2.88 bits per heavy atom. The van der Waals surface area contributed by atoms with E-state index in [0.29, 0.717) is 6.67 Å². The molecule has 0 amide bonds. The lowest BCUT2D eigenvalue weighted by atomic mass is 10.2. The van der Waals surface area contributed by atoms with Crippen molar-refractivity contribution in [2.45, 2.75) is 5.75 Å². The molecule has 1 aliphatic heterocycles. The van der Waals surface area contributed by atoms with Crippen LogP contribution in [0.3, 0.4) is 0 Å². The number of hydrogen-bond donors (Lipinski definition) is 0. The largest absolute Gasteiger partial charge is 0.328 e. The van der Waals surface area contributed by atoms with E-state index in [1.54, 1.807) is 6.21 Å². The van der Waals surface area contributed by atoms with Gasteiger partial charge < -0.3 is 4.90 Å². The summed E-state index contributed by atoms with van der Waals surface area (Å²) in [4.78, 5) is 6.10. The fourth-order valence-electron chi connectivity index (χ4n) is 1.68. The highest BCUT2D eigenvalue weighted by molar-refractivity contribution is 7.89. The molecule has 1 aliphatic rings. The zero-order chi connectivity index (χ0) is 12.3. The molecule has 1 aromatic carbocycles. The fraction of sp³-hybridized carbons (Fsp3) is 0.250. The topological polar surface area (TPSA) is 49.7 Å². The first-order valence-corrected chi connectivity index (χ1v) is 7.30. The van der Waals surface area contributed by atoms with Crippen molar-refractivity contribution in [3.05, 3.63) is 42.1 Å². The van der Waals surface area contributed by atoms with Crippen LogP contribution >= 0.6 is 0 Å². The smallest absolute Gasteiger partial charge is 0.151 e. The summed E-state index contributed by atoms with van der Waals surface area (Å²) in [6.45, 7) is 0.568. The lowest BCUT2D eigenvalue weighted by Gasteiger charge is -2.20. The Bertz CT molecular complexity index is 562. The zero-order valence-corrected chi connectivity index (χ0v) is 10.4. The van der Waals surface area contributed by atoms with Crippen molar-refractivity contribution in [3.63, 3.8) is 0 Å². The normalized spacial score (nSPS) is 15.2. The lowest BCUT2D eigenvalue weighted by Crippen LogP contribution is -2.18. The number of anilines is 1. The molecular weight excluding hydrogens is 236 g/mol. The molecule has 0 saturated carbocycles. The molecule has 4 nitrogen and oxygen atoms in total. The first kappa shape index (κ1) is 11.9. The molecule has 90 valence electrons. The van der Waals surface area contributed by atoms with E-state index in [1.165, 1.54) is 6.26 Å². The van der Waals surface area contributed by atoms with Crippen LogP contribution in [0, 0.1) is 0 Å². The molecule has 0 N–H and O–H groups in total. The summed E-state index contributed by atoms with van der Waals surface area (Å²) in [7, 11) is -2.99. The standard InChI is InChI=1S/C12H14N2O2S/c1-17(15,16)9-11-4-2-5-12(8-11)14-7-3-6-13-10-14/h2-8H,9-10H2,1H3. The molecule has 2 rings (SSSR count). The van der Waals surface area contributed by atoms with Gasteiger partial charge in [-0.3, -0.25) is 4.99 Å². The van der Waals surface area contributed by atoms with Crippen LogP contribution in [-0.2, 0) is 15.6 Å². The molecule has 17 heavy (non-hydrogen) atoms. The van der Waals surface area contributed by atoms with Gasteiger partial charge in [0.1, 0.15) is 6.67 Å². The van der Waals surface area contributed by atoms with E-state index in [1.807, 2.05) is 41.4 Å². The molecule has 0 atom stereocenters. The van der Waals surface area contributed by atoms with Crippen molar-refractivity contribution in [2.24, 2.45) is 4.99 Å². The van der Waals surface area contributed by atoms with Gasteiger partial charge in [0.2, 0.25) is 0 Å². The average molecular weight is 250 g/mol. The van der Waals surface area contributed by atoms with E-state index in [-0.39, 0.29) is 5.75 Å². The molecule has 0 bridgehead atoms. The molecule has 0 spiro atoms. The van der Waals surface area contributed by atoms with Crippen LogP contribution in [0.4, 0.5) is 5.69 Å². The van der Waals surface area contributed by atoms with Gasteiger partial charge in [-0.2, -0.15) is 0 Å². The number of sulfone groups is 1. The number of rotatable bonds is 3. The zero-order valence-electron chi connectivity index (χ0n) is 9.57. The number of benzene rings is 1. The Balaban J connectivity index is 2.22. The van der Waals surface area contributed by atoms with Crippen molar-refractivity contribution in [1.82, 2.24) is 0 Å². The Morgan fingerprint density at radius 2 is 2.24 bits per heavy atom. The van der Waals surface area contributed by atoms with Crippen molar-refractivity contribution in [3.8, 4) is 0 Å². The molecular formula is C12H14N2O2S. The SMILES string of the molecule is CS(=O)(=O)Cc1cccc(N2C=CC=NC2)c1. The van der Waals surface area contributed by atoms with Crippen molar-refractivity contribution in [2.75, 3.05) is 17.8 Å². The first-order chi connectivity index (χ1) is 8.04. The van der Waals surface area contributed by atoms with Gasteiger partial charge in [0.05, 0.1) is 5.75 Å². The van der Waals surface area contributed by atoms with Crippen molar-refractivity contribution >= 4 is 21.7 Å². The highest BCUT2D eigenvalue weighted by atomic mass is 32.2. The van der Waals surface area contributed by atoms with Crippen molar-refractivity contribution < 1.29 is 8.42 Å². The van der Waals surface area contributed by atoms with Crippen LogP contribution in [0.5, 0.6) is 0 Å². The Kier molecular flexibility index (Phi) is 3.28. The van der Waals surface area contributed by atoms with Gasteiger partial charge in [-0.1, -0.05) is 12.1 Å². The number of aliphatic imine (C=N–C) groups is 1. The monoisotopic (exact) mass is 250 g/mol. The third-order valence-electron chi connectivity index (χ3n) is 2.36. The van der Waals surface area contributed by atoms with Gasteiger partial charge >= 0.3 is 0 Å². The average Bonchev–Trinajstić information content (AvgIpc) is 2.28. The van der Waals surface area contributed by atoms with E-state index in [2.05, 4.69) is 4.99 Å². The van der Waals surface area contributed by atoms with Gasteiger partial charge in [-0.05, 0) is 23.8 Å². The van der Waals surface area contributed by atoms with E-state index in [4.69, 9.17) is 0 Å². The summed E-state index contributed by atoms with van der Waals surface area (Å²) in [5.41, 5.74) is 1.76. The predicted octanol–water partition coefficient (Wildman–Crippen LogP) is 1.59. The van der Waals surface area contributed by atoms with E-state index in [0.717, 1.165) is 11.3 Å². The fourth-order valence-corrected chi connectivity index (χ4v) is 2.47. The van der Waals surface area contributed by atoms with Crippen LogP contribution in [0.1, 0.15) is 5.56 Å². The van der Waals surface area contributed by atoms with Crippen LogP contribution in [0.15, 0.2) is 41.5 Å². The minimum Gasteiger partial charge on any atom is -0.328 e. The summed E-state index contributed by atoms with van der Waals surface area (Å²) in [5, 5.41) is 0. The molecule has 0 aliphatic carbocycles. The van der Waals surface area contributed by atoms with Crippen molar-refractivity contribution in [1.29, 1.82) is 0 Å². The lowest BCUT2D eigenvalue weighted by molar-refractivity contribution is 0.601. The maximum Gasteiger partial charge on any atom is 0.151 e. The molecule has 0 saturated heterocycles. The van der Waals surface area contributed by atoms with Gasteiger partial charge in [0.15, 0.2) is 9.84 Å².